The smallest absolute Gasteiger partial charge is 0.248 e. The van der Waals surface area contributed by atoms with Gasteiger partial charge >= 0.3 is 0 Å². The van der Waals surface area contributed by atoms with Gasteiger partial charge in [-0.15, -0.1) is 0 Å². The molecule has 0 N–H and O–H groups in total. The number of aryl methyl sites for hydroxylation is 1. The maximum atomic E-state index is 14.5. The van der Waals surface area contributed by atoms with Crippen LogP contribution in [0.2, 0.25) is 0 Å². The van der Waals surface area contributed by atoms with Crippen LogP contribution in [0.25, 0.3) is 11.3 Å². The molecule has 1 atom stereocenters. The predicted molar refractivity (Wildman–Crippen MR) is 121 cm³/mol. The van der Waals surface area contributed by atoms with E-state index >= 15 is 0 Å². The highest BCUT2D eigenvalue weighted by Gasteiger charge is 2.44. The monoisotopic (exact) mass is 495 g/mol. The standard InChI is InChI=1S/C24H28F3N3O3S/c1-16-7-8-21(18(15-16)22-19(25)5-3-13-28-22)34(32,33)30-14-4-6-20(30)23(31)29(2)17-9-11-24(26,27)12-10-17/h3,5,7-8,13,15,17,20H,4,6,9-12,14H2,1-2H3/t20-/m0/s1. The Kier molecular flexibility index (Phi) is 6.74. The molecule has 2 fully saturated rings. The van der Waals surface area contributed by atoms with E-state index in [1.54, 1.807) is 26.1 Å². The summed E-state index contributed by atoms with van der Waals surface area (Å²) >= 11 is 0. The SMILES string of the molecule is Cc1ccc(S(=O)(=O)N2CCC[C@H]2C(=O)N(C)C2CCC(F)(F)CC2)c(-c2ncccc2F)c1. The highest BCUT2D eigenvalue weighted by atomic mass is 32.2. The highest BCUT2D eigenvalue weighted by molar-refractivity contribution is 7.89. The predicted octanol–water partition coefficient (Wildman–Crippen LogP) is 4.39. The highest BCUT2D eigenvalue weighted by Crippen LogP contribution is 2.37. The first kappa shape index (κ1) is 24.7. The lowest BCUT2D eigenvalue weighted by Crippen LogP contribution is -2.50. The number of halogens is 3. The van der Waals surface area contributed by atoms with E-state index in [9.17, 15) is 26.4 Å². The van der Waals surface area contributed by atoms with Crippen LogP contribution in [0.3, 0.4) is 0 Å². The molecule has 4 rings (SSSR count). The van der Waals surface area contributed by atoms with E-state index < -0.39 is 33.7 Å². The first-order valence-electron chi connectivity index (χ1n) is 11.4. The zero-order valence-corrected chi connectivity index (χ0v) is 20.0. The zero-order chi connectivity index (χ0) is 24.7. The van der Waals surface area contributed by atoms with Gasteiger partial charge < -0.3 is 4.90 Å². The van der Waals surface area contributed by atoms with Gasteiger partial charge in [-0.25, -0.2) is 21.6 Å². The summed E-state index contributed by atoms with van der Waals surface area (Å²) in [5.74, 6) is -3.76. The normalized spacial score (nSPS) is 21.5. The van der Waals surface area contributed by atoms with Gasteiger partial charge in [0.2, 0.25) is 21.9 Å². The molecular weight excluding hydrogens is 467 g/mol. The number of hydrogen-bond acceptors (Lipinski definition) is 4. The van der Waals surface area contributed by atoms with Crippen molar-refractivity contribution >= 4 is 15.9 Å². The number of pyridine rings is 1. The van der Waals surface area contributed by atoms with E-state index in [-0.39, 0.29) is 54.4 Å². The van der Waals surface area contributed by atoms with Gasteiger partial charge in [-0.05, 0) is 56.9 Å². The minimum Gasteiger partial charge on any atom is -0.341 e. The summed E-state index contributed by atoms with van der Waals surface area (Å²) in [6, 6.07) is 5.97. The summed E-state index contributed by atoms with van der Waals surface area (Å²) in [7, 11) is -2.61. The Bertz CT molecular complexity index is 1180. The van der Waals surface area contributed by atoms with Crippen LogP contribution in [0.15, 0.2) is 41.4 Å². The molecule has 1 saturated heterocycles. The van der Waals surface area contributed by atoms with Gasteiger partial charge in [0.05, 0.1) is 4.90 Å². The lowest BCUT2D eigenvalue weighted by Gasteiger charge is -2.37. The lowest BCUT2D eigenvalue weighted by molar-refractivity contribution is -0.138. The molecular formula is C24H28F3N3O3S. The average molecular weight is 496 g/mol. The van der Waals surface area contributed by atoms with Gasteiger partial charge in [0, 0.05) is 44.2 Å². The molecule has 2 heterocycles. The molecule has 0 unspecified atom stereocenters. The molecule has 1 amide bonds. The number of carbonyl (C=O) groups excluding carboxylic acids is 1. The summed E-state index contributed by atoms with van der Waals surface area (Å²) in [6.45, 7) is 1.92. The van der Waals surface area contributed by atoms with Crippen LogP contribution in [-0.4, -0.2) is 60.1 Å². The van der Waals surface area contributed by atoms with Gasteiger partial charge in [-0.1, -0.05) is 11.6 Å². The molecule has 1 aliphatic carbocycles. The van der Waals surface area contributed by atoms with Crippen molar-refractivity contribution < 1.29 is 26.4 Å². The van der Waals surface area contributed by atoms with Crippen LogP contribution >= 0.6 is 0 Å². The third-order valence-corrected chi connectivity index (χ3v) is 8.77. The molecule has 0 radical (unpaired) electrons. The summed E-state index contributed by atoms with van der Waals surface area (Å²) < 4.78 is 70.3. The molecule has 34 heavy (non-hydrogen) atoms. The van der Waals surface area contributed by atoms with Gasteiger partial charge in [0.15, 0.2) is 0 Å². The Morgan fingerprint density at radius 2 is 1.88 bits per heavy atom. The first-order valence-corrected chi connectivity index (χ1v) is 12.8. The largest absolute Gasteiger partial charge is 0.341 e. The Hall–Kier alpha value is -2.46. The minimum absolute atomic E-state index is 0.0768. The van der Waals surface area contributed by atoms with Gasteiger partial charge in [0.1, 0.15) is 17.6 Å². The first-order chi connectivity index (χ1) is 16.0. The second kappa shape index (κ2) is 9.30. The number of carbonyl (C=O) groups is 1. The van der Waals surface area contributed by atoms with Crippen molar-refractivity contribution in [1.29, 1.82) is 0 Å². The molecule has 10 heteroatoms. The van der Waals surface area contributed by atoms with E-state index in [2.05, 4.69) is 4.98 Å². The van der Waals surface area contributed by atoms with Crippen LogP contribution < -0.4 is 0 Å². The number of sulfonamides is 1. The average Bonchev–Trinajstić information content (AvgIpc) is 3.29. The maximum absolute atomic E-state index is 14.5. The molecule has 0 bridgehead atoms. The van der Waals surface area contributed by atoms with Gasteiger partial charge in [-0.2, -0.15) is 4.31 Å². The van der Waals surface area contributed by atoms with Gasteiger partial charge in [-0.3, -0.25) is 9.78 Å². The van der Waals surface area contributed by atoms with E-state index in [0.29, 0.717) is 12.8 Å². The lowest BCUT2D eigenvalue weighted by atomic mass is 9.91. The fraction of sp³-hybridized carbons (Fsp3) is 0.500. The Labute approximate surface area is 197 Å². The fourth-order valence-electron chi connectivity index (χ4n) is 4.87. The molecule has 1 aromatic carbocycles. The van der Waals surface area contributed by atoms with Crippen LogP contribution in [0.4, 0.5) is 13.2 Å². The minimum atomic E-state index is -4.17. The Morgan fingerprint density at radius 1 is 1.18 bits per heavy atom. The summed E-state index contributed by atoms with van der Waals surface area (Å²) in [6.07, 6.45) is 2.00. The topological polar surface area (TPSA) is 70.6 Å². The summed E-state index contributed by atoms with van der Waals surface area (Å²) in [5, 5.41) is 0. The van der Waals surface area contributed by atoms with E-state index in [1.165, 1.54) is 29.3 Å². The number of aromatic nitrogens is 1. The van der Waals surface area contributed by atoms with Gasteiger partial charge in [0.25, 0.3) is 0 Å². The Morgan fingerprint density at radius 3 is 2.56 bits per heavy atom. The molecule has 1 aliphatic heterocycles. The third kappa shape index (κ3) is 4.70. The van der Waals surface area contributed by atoms with Crippen molar-refractivity contribution in [3.63, 3.8) is 0 Å². The maximum Gasteiger partial charge on any atom is 0.248 e. The van der Waals surface area contributed by atoms with Crippen LogP contribution in [0, 0.1) is 12.7 Å². The quantitative estimate of drug-likeness (QED) is 0.617. The van der Waals surface area contributed by atoms with Crippen LogP contribution in [-0.2, 0) is 14.8 Å². The van der Waals surface area contributed by atoms with E-state index in [0.717, 1.165) is 9.87 Å². The number of benzene rings is 1. The summed E-state index contributed by atoms with van der Waals surface area (Å²) in [4.78, 5) is 18.7. The van der Waals surface area contributed by atoms with Crippen molar-refractivity contribution in [2.75, 3.05) is 13.6 Å². The molecule has 6 nitrogen and oxygen atoms in total. The van der Waals surface area contributed by atoms with E-state index in [4.69, 9.17) is 0 Å². The molecule has 1 aromatic heterocycles. The number of rotatable bonds is 5. The van der Waals surface area contributed by atoms with Crippen LogP contribution in [0.1, 0.15) is 44.1 Å². The van der Waals surface area contributed by atoms with Crippen molar-refractivity contribution in [2.45, 2.75) is 68.4 Å². The number of hydrogen-bond donors (Lipinski definition) is 0. The number of likely N-dealkylation sites (N-methyl/N-ethyl adjacent to an activating group) is 1. The second-order valence-electron chi connectivity index (χ2n) is 9.14. The third-order valence-electron chi connectivity index (χ3n) is 6.81. The molecule has 1 saturated carbocycles. The molecule has 2 aromatic rings. The van der Waals surface area contributed by atoms with E-state index in [1.807, 2.05) is 0 Å². The van der Waals surface area contributed by atoms with Crippen molar-refractivity contribution in [1.82, 2.24) is 14.2 Å². The molecule has 0 spiro atoms. The molecule has 2 aliphatic rings. The zero-order valence-electron chi connectivity index (χ0n) is 19.2. The van der Waals surface area contributed by atoms with Crippen molar-refractivity contribution in [3.8, 4) is 11.3 Å². The number of alkyl halides is 2. The number of amides is 1. The molecule has 184 valence electrons. The van der Waals surface area contributed by atoms with Crippen LogP contribution in [0.5, 0.6) is 0 Å². The van der Waals surface area contributed by atoms with Crippen molar-refractivity contribution in [3.05, 3.63) is 47.9 Å². The van der Waals surface area contributed by atoms with Crippen molar-refractivity contribution in [2.24, 2.45) is 0 Å². The fourth-order valence-corrected chi connectivity index (χ4v) is 6.69. The Balaban J connectivity index is 1.64. The number of nitrogens with zero attached hydrogens (tertiary/aromatic N) is 3. The second-order valence-corrected chi connectivity index (χ2v) is 11.0. The summed E-state index contributed by atoms with van der Waals surface area (Å²) in [5.41, 5.74) is 0.799.